The van der Waals surface area contributed by atoms with E-state index in [0.717, 1.165) is 33.2 Å². The molecule has 0 saturated carbocycles. The lowest BCUT2D eigenvalue weighted by Gasteiger charge is -2.13. The van der Waals surface area contributed by atoms with E-state index >= 15 is 0 Å². The van der Waals surface area contributed by atoms with Crippen molar-refractivity contribution in [3.05, 3.63) is 108 Å². The smallest absolute Gasteiger partial charge is 0.115 e. The Bertz CT molecular complexity index is 1190. The maximum absolute atomic E-state index is 10.0. The molecule has 152 valence electrons. The van der Waals surface area contributed by atoms with Crippen LogP contribution >= 0.6 is 11.8 Å². The summed E-state index contributed by atoms with van der Waals surface area (Å²) in [5, 5.41) is 10.8. The van der Waals surface area contributed by atoms with Crippen LogP contribution in [0.4, 0.5) is 0 Å². The van der Waals surface area contributed by atoms with Gasteiger partial charge in [0.05, 0.1) is 11.3 Å². The van der Waals surface area contributed by atoms with Crippen LogP contribution in [0, 0.1) is 11.3 Å². The lowest BCUT2D eigenvalue weighted by Crippen LogP contribution is -1.96. The van der Waals surface area contributed by atoms with Gasteiger partial charge in [0.25, 0.3) is 0 Å². The summed E-state index contributed by atoms with van der Waals surface area (Å²) in [5.41, 5.74) is 7.09. The van der Waals surface area contributed by atoms with Crippen molar-refractivity contribution < 1.29 is 0 Å². The van der Waals surface area contributed by atoms with Gasteiger partial charge >= 0.3 is 0 Å². The molecule has 3 aromatic carbocycles. The van der Waals surface area contributed by atoms with Crippen molar-refractivity contribution in [3.63, 3.8) is 0 Å². The highest BCUT2D eigenvalue weighted by Gasteiger charge is 2.16. The lowest BCUT2D eigenvalue weighted by molar-refractivity contribution is 0.866. The minimum absolute atomic E-state index is 0.518. The van der Waals surface area contributed by atoms with Crippen LogP contribution in [0.25, 0.3) is 22.4 Å². The second kappa shape index (κ2) is 9.64. The standard InChI is InChI=1S/C28H24N2S/c1-20(2)22-15-13-21(14-16-22)19-31-28-26(18-29)25(23-9-5-3-6-10-23)17-27(30-28)24-11-7-4-8-12-24/h3-17,20H,19H2,1-2H3. The first-order valence-electron chi connectivity index (χ1n) is 10.4. The predicted octanol–water partition coefficient (Wildman–Crippen LogP) is 7.70. The molecule has 0 unspecified atom stereocenters. The van der Waals surface area contributed by atoms with Crippen LogP contribution in [0.2, 0.25) is 0 Å². The summed E-state index contributed by atoms with van der Waals surface area (Å²) < 4.78 is 0. The first kappa shape index (κ1) is 20.9. The topological polar surface area (TPSA) is 36.7 Å². The van der Waals surface area contributed by atoms with Gasteiger partial charge in [-0.25, -0.2) is 4.98 Å². The van der Waals surface area contributed by atoms with Crippen molar-refractivity contribution >= 4 is 11.8 Å². The number of aromatic nitrogens is 1. The highest BCUT2D eigenvalue weighted by molar-refractivity contribution is 7.98. The Kier molecular flexibility index (Phi) is 6.50. The third kappa shape index (κ3) is 4.87. The summed E-state index contributed by atoms with van der Waals surface area (Å²) in [5.74, 6) is 1.29. The number of nitriles is 1. The van der Waals surface area contributed by atoms with Crippen LogP contribution in [-0.2, 0) is 5.75 Å². The second-order valence-electron chi connectivity index (χ2n) is 7.76. The molecule has 0 fully saturated rings. The number of rotatable bonds is 6. The Labute approximate surface area is 188 Å². The average Bonchev–Trinajstić information content (AvgIpc) is 2.83. The minimum atomic E-state index is 0.518. The van der Waals surface area contributed by atoms with Crippen LogP contribution in [0.1, 0.15) is 36.5 Å². The fourth-order valence-electron chi connectivity index (χ4n) is 3.49. The summed E-state index contributed by atoms with van der Waals surface area (Å²) in [6.07, 6.45) is 0. The van der Waals surface area contributed by atoms with E-state index in [0.29, 0.717) is 11.5 Å². The van der Waals surface area contributed by atoms with Crippen molar-refractivity contribution in [2.45, 2.75) is 30.5 Å². The SMILES string of the molecule is CC(C)c1ccc(CSc2nc(-c3ccccc3)cc(-c3ccccc3)c2C#N)cc1. The molecule has 0 radical (unpaired) electrons. The quantitative estimate of drug-likeness (QED) is 0.300. The largest absolute Gasteiger partial charge is 0.240 e. The number of nitrogens with zero attached hydrogens (tertiary/aromatic N) is 2. The molecular weight excluding hydrogens is 396 g/mol. The molecule has 0 aliphatic rings. The third-order valence-electron chi connectivity index (χ3n) is 5.27. The number of hydrogen-bond donors (Lipinski definition) is 0. The van der Waals surface area contributed by atoms with Gasteiger partial charge in [-0.2, -0.15) is 5.26 Å². The lowest BCUT2D eigenvalue weighted by atomic mass is 9.99. The molecule has 31 heavy (non-hydrogen) atoms. The number of hydrogen-bond acceptors (Lipinski definition) is 3. The zero-order valence-electron chi connectivity index (χ0n) is 17.7. The van der Waals surface area contributed by atoms with Crippen molar-refractivity contribution in [1.82, 2.24) is 4.98 Å². The fraction of sp³-hybridized carbons (Fsp3) is 0.143. The Hall–Kier alpha value is -3.35. The molecule has 4 rings (SSSR count). The van der Waals surface area contributed by atoms with Crippen molar-refractivity contribution in [2.24, 2.45) is 0 Å². The first-order valence-corrected chi connectivity index (χ1v) is 11.4. The average molecular weight is 421 g/mol. The van der Waals surface area contributed by atoms with Crippen molar-refractivity contribution in [3.8, 4) is 28.5 Å². The number of thioether (sulfide) groups is 1. The number of pyridine rings is 1. The maximum atomic E-state index is 10.0. The van der Waals surface area contributed by atoms with Crippen LogP contribution in [0.5, 0.6) is 0 Å². The molecule has 0 amide bonds. The van der Waals surface area contributed by atoms with Crippen LogP contribution < -0.4 is 0 Å². The molecule has 1 heterocycles. The minimum Gasteiger partial charge on any atom is -0.240 e. The van der Waals surface area contributed by atoms with E-state index in [9.17, 15) is 5.26 Å². The Morgan fingerprint density at radius 1 is 0.839 bits per heavy atom. The number of benzene rings is 3. The van der Waals surface area contributed by atoms with Gasteiger partial charge in [0.15, 0.2) is 0 Å². The third-order valence-corrected chi connectivity index (χ3v) is 6.32. The normalized spacial score (nSPS) is 10.8. The monoisotopic (exact) mass is 420 g/mol. The summed E-state index contributed by atoms with van der Waals surface area (Å²) in [6.45, 7) is 4.40. The van der Waals surface area contributed by atoms with E-state index in [-0.39, 0.29) is 0 Å². The second-order valence-corrected chi connectivity index (χ2v) is 8.73. The molecule has 0 atom stereocenters. The molecule has 0 aliphatic carbocycles. The Morgan fingerprint density at radius 2 is 1.45 bits per heavy atom. The highest BCUT2D eigenvalue weighted by Crippen LogP contribution is 2.35. The van der Waals surface area contributed by atoms with Gasteiger partial charge in [-0.15, -0.1) is 11.8 Å². The molecule has 4 aromatic rings. The van der Waals surface area contributed by atoms with Gasteiger partial charge in [-0.1, -0.05) is 98.8 Å². The van der Waals surface area contributed by atoms with Gasteiger partial charge < -0.3 is 0 Å². The summed E-state index contributed by atoms with van der Waals surface area (Å²) >= 11 is 1.62. The molecule has 0 aliphatic heterocycles. The highest BCUT2D eigenvalue weighted by atomic mass is 32.2. The van der Waals surface area contributed by atoms with Gasteiger partial charge in [-0.05, 0) is 28.7 Å². The van der Waals surface area contributed by atoms with Crippen LogP contribution in [-0.4, -0.2) is 4.98 Å². The van der Waals surface area contributed by atoms with Gasteiger partial charge in [0, 0.05) is 16.9 Å². The zero-order chi connectivity index (χ0) is 21.6. The Morgan fingerprint density at radius 3 is 2.03 bits per heavy atom. The van der Waals surface area contributed by atoms with E-state index in [1.165, 1.54) is 11.1 Å². The van der Waals surface area contributed by atoms with Gasteiger partial charge in [0.2, 0.25) is 0 Å². The van der Waals surface area contributed by atoms with Crippen LogP contribution in [0.3, 0.4) is 0 Å². The van der Waals surface area contributed by atoms with E-state index in [4.69, 9.17) is 4.98 Å². The van der Waals surface area contributed by atoms with E-state index in [1.54, 1.807) is 11.8 Å². The fourth-order valence-corrected chi connectivity index (χ4v) is 4.45. The molecule has 3 heteroatoms. The Balaban J connectivity index is 1.74. The van der Waals surface area contributed by atoms with Crippen LogP contribution in [0.15, 0.2) is 96.0 Å². The zero-order valence-corrected chi connectivity index (χ0v) is 18.6. The molecule has 0 N–H and O–H groups in total. The molecule has 0 spiro atoms. The van der Waals surface area contributed by atoms with Crippen molar-refractivity contribution in [2.75, 3.05) is 0 Å². The van der Waals surface area contributed by atoms with E-state index in [2.05, 4.69) is 56.3 Å². The predicted molar refractivity (Wildman–Crippen MR) is 130 cm³/mol. The van der Waals surface area contributed by atoms with Gasteiger partial charge in [0.1, 0.15) is 11.1 Å². The van der Waals surface area contributed by atoms with Crippen molar-refractivity contribution in [1.29, 1.82) is 5.26 Å². The maximum Gasteiger partial charge on any atom is 0.115 e. The molecule has 0 bridgehead atoms. The van der Waals surface area contributed by atoms with E-state index in [1.807, 2.05) is 54.6 Å². The summed E-state index contributed by atoms with van der Waals surface area (Å²) in [7, 11) is 0. The summed E-state index contributed by atoms with van der Waals surface area (Å²) in [6, 6.07) is 33.4. The molecule has 0 saturated heterocycles. The van der Waals surface area contributed by atoms with E-state index < -0.39 is 0 Å². The molecule has 1 aromatic heterocycles. The first-order chi connectivity index (χ1) is 15.2. The molecule has 2 nitrogen and oxygen atoms in total. The van der Waals surface area contributed by atoms with Gasteiger partial charge in [-0.3, -0.25) is 0 Å². The molecular formula is C28H24N2S. The summed E-state index contributed by atoms with van der Waals surface area (Å²) in [4.78, 5) is 4.90.